The van der Waals surface area contributed by atoms with Crippen molar-refractivity contribution in [1.82, 2.24) is 4.98 Å². The Hall–Kier alpha value is -2.83. The molecule has 3 rings (SSSR count). The molecule has 2 aromatic rings. The highest BCUT2D eigenvalue weighted by molar-refractivity contribution is 5.88. The fourth-order valence-corrected chi connectivity index (χ4v) is 2.26. The normalized spacial score (nSPS) is 13.1. The number of hydrogen-bond donors (Lipinski definition) is 2. The van der Waals surface area contributed by atoms with Crippen LogP contribution < -0.4 is 15.4 Å². The van der Waals surface area contributed by atoms with Crippen LogP contribution in [0.15, 0.2) is 30.5 Å². The zero-order valence-corrected chi connectivity index (χ0v) is 10.9. The first kappa shape index (κ1) is 13.2. The maximum atomic E-state index is 13.8. The number of fused-ring (bicyclic) bond motifs is 1. The number of carboxylic acid groups (broad SMARTS) is 1. The molecular weight excluding hydrogens is 277 g/mol. The summed E-state index contributed by atoms with van der Waals surface area (Å²) >= 11 is 0. The molecule has 0 saturated carbocycles. The summed E-state index contributed by atoms with van der Waals surface area (Å²) in [6.45, 7) is 0.308. The van der Waals surface area contributed by atoms with E-state index in [1.165, 1.54) is 24.4 Å². The third kappa shape index (κ3) is 2.33. The highest BCUT2D eigenvalue weighted by atomic mass is 19.1. The van der Waals surface area contributed by atoms with Gasteiger partial charge in [-0.2, -0.15) is 0 Å². The molecule has 1 aromatic carbocycles. The lowest BCUT2D eigenvalue weighted by molar-refractivity contribution is 0.202. The molecular formula is C14H12FN3O3. The van der Waals surface area contributed by atoms with Crippen LogP contribution in [0, 0.1) is 5.82 Å². The maximum Gasteiger partial charge on any atom is 0.413 e. The lowest BCUT2D eigenvalue weighted by Gasteiger charge is -2.13. The van der Waals surface area contributed by atoms with Crippen LogP contribution in [-0.2, 0) is 6.42 Å². The molecule has 0 radical (unpaired) electrons. The van der Waals surface area contributed by atoms with Gasteiger partial charge in [0.25, 0.3) is 0 Å². The number of halogens is 1. The number of ether oxygens (including phenoxy) is 1. The van der Waals surface area contributed by atoms with E-state index in [0.717, 1.165) is 4.90 Å². The lowest BCUT2D eigenvalue weighted by Crippen LogP contribution is -2.27. The number of aromatic nitrogens is 1. The number of benzene rings is 1. The number of carbonyl (C=O) groups is 1. The van der Waals surface area contributed by atoms with Crippen molar-refractivity contribution in [3.63, 3.8) is 0 Å². The van der Waals surface area contributed by atoms with E-state index in [1.807, 2.05) is 0 Å². The fraction of sp³-hybridized carbons (Fsp3) is 0.143. The summed E-state index contributed by atoms with van der Waals surface area (Å²) in [6.07, 6.45) is 0.837. The molecule has 6 nitrogen and oxygen atoms in total. The standard InChI is InChI=1S/C14H12FN3O3/c15-10-7-8(16)1-2-12(10)21-11-3-5-17-13-9(11)4-6-18(13)14(19)20/h1-3,5,7H,4,6,16H2,(H,19,20). The first-order valence-corrected chi connectivity index (χ1v) is 6.27. The van der Waals surface area contributed by atoms with Gasteiger partial charge in [-0.25, -0.2) is 14.2 Å². The van der Waals surface area contributed by atoms with Gasteiger partial charge in [-0.1, -0.05) is 0 Å². The van der Waals surface area contributed by atoms with E-state index < -0.39 is 11.9 Å². The Bertz CT molecular complexity index is 721. The predicted molar refractivity (Wildman–Crippen MR) is 74.2 cm³/mol. The number of anilines is 2. The van der Waals surface area contributed by atoms with Crippen LogP contribution in [0.2, 0.25) is 0 Å². The molecule has 7 heteroatoms. The van der Waals surface area contributed by atoms with Gasteiger partial charge in [0.1, 0.15) is 11.6 Å². The summed E-state index contributed by atoms with van der Waals surface area (Å²) in [5.74, 6) is 0.184. The van der Waals surface area contributed by atoms with E-state index >= 15 is 0 Å². The zero-order chi connectivity index (χ0) is 15.0. The number of amides is 1. The van der Waals surface area contributed by atoms with E-state index in [2.05, 4.69) is 4.98 Å². The van der Waals surface area contributed by atoms with Crippen LogP contribution >= 0.6 is 0 Å². The van der Waals surface area contributed by atoms with Crippen molar-refractivity contribution in [2.24, 2.45) is 0 Å². The molecule has 0 fully saturated rings. The molecule has 0 saturated heterocycles. The van der Waals surface area contributed by atoms with Gasteiger partial charge in [0.2, 0.25) is 0 Å². The average Bonchev–Trinajstić information content (AvgIpc) is 2.87. The fourth-order valence-electron chi connectivity index (χ4n) is 2.26. The minimum absolute atomic E-state index is 0.0337. The molecule has 0 unspecified atom stereocenters. The summed E-state index contributed by atoms with van der Waals surface area (Å²) in [5, 5.41) is 9.09. The third-order valence-corrected chi connectivity index (χ3v) is 3.24. The Morgan fingerprint density at radius 3 is 2.90 bits per heavy atom. The highest BCUT2D eigenvalue weighted by Crippen LogP contribution is 2.36. The van der Waals surface area contributed by atoms with Gasteiger partial charge in [-0.05, 0) is 24.6 Å². The van der Waals surface area contributed by atoms with Crippen molar-refractivity contribution in [2.45, 2.75) is 6.42 Å². The summed E-state index contributed by atoms with van der Waals surface area (Å²) < 4.78 is 19.3. The molecule has 1 aromatic heterocycles. The molecule has 0 aliphatic carbocycles. The Labute approximate surface area is 119 Å². The van der Waals surface area contributed by atoms with Crippen molar-refractivity contribution in [1.29, 1.82) is 0 Å². The van der Waals surface area contributed by atoms with Crippen LogP contribution in [0.25, 0.3) is 0 Å². The van der Waals surface area contributed by atoms with Crippen molar-refractivity contribution < 1.29 is 19.0 Å². The summed E-state index contributed by atoms with van der Waals surface area (Å²) in [4.78, 5) is 16.3. The molecule has 1 amide bonds. The minimum Gasteiger partial charge on any atom is -0.465 e. The Balaban J connectivity index is 1.96. The van der Waals surface area contributed by atoms with Crippen molar-refractivity contribution in [3.8, 4) is 11.5 Å². The van der Waals surface area contributed by atoms with Crippen LogP contribution in [0.3, 0.4) is 0 Å². The summed E-state index contributed by atoms with van der Waals surface area (Å²) in [6, 6.07) is 5.71. The van der Waals surface area contributed by atoms with Crippen molar-refractivity contribution in [2.75, 3.05) is 17.2 Å². The lowest BCUT2D eigenvalue weighted by atomic mass is 10.2. The van der Waals surface area contributed by atoms with Crippen LogP contribution in [0.5, 0.6) is 11.5 Å². The number of hydrogen-bond acceptors (Lipinski definition) is 4. The highest BCUT2D eigenvalue weighted by Gasteiger charge is 2.28. The van der Waals surface area contributed by atoms with Crippen molar-refractivity contribution >= 4 is 17.6 Å². The van der Waals surface area contributed by atoms with Gasteiger partial charge in [-0.3, -0.25) is 4.90 Å². The van der Waals surface area contributed by atoms with E-state index in [4.69, 9.17) is 15.6 Å². The molecule has 0 atom stereocenters. The number of rotatable bonds is 2. The minimum atomic E-state index is -1.07. The van der Waals surface area contributed by atoms with E-state index in [-0.39, 0.29) is 5.75 Å². The van der Waals surface area contributed by atoms with Gasteiger partial charge in [0.15, 0.2) is 11.6 Å². The molecule has 0 spiro atoms. The van der Waals surface area contributed by atoms with Gasteiger partial charge in [-0.15, -0.1) is 0 Å². The van der Waals surface area contributed by atoms with Crippen LogP contribution in [-0.4, -0.2) is 22.7 Å². The van der Waals surface area contributed by atoms with Gasteiger partial charge in [0, 0.05) is 30.1 Å². The molecule has 1 aliphatic rings. The monoisotopic (exact) mass is 289 g/mol. The number of nitrogen functional groups attached to an aromatic ring is 1. The quantitative estimate of drug-likeness (QED) is 0.830. The van der Waals surface area contributed by atoms with E-state index in [9.17, 15) is 9.18 Å². The Morgan fingerprint density at radius 2 is 2.19 bits per heavy atom. The number of nitrogens with zero attached hydrogens (tertiary/aromatic N) is 2. The zero-order valence-electron chi connectivity index (χ0n) is 10.9. The van der Waals surface area contributed by atoms with Gasteiger partial charge in [0.05, 0.1) is 0 Å². The summed E-state index contributed by atoms with van der Waals surface area (Å²) in [5.41, 5.74) is 6.44. The largest absolute Gasteiger partial charge is 0.465 e. The van der Waals surface area contributed by atoms with E-state index in [1.54, 1.807) is 6.07 Å². The predicted octanol–water partition coefficient (Wildman–Crippen LogP) is 2.64. The average molecular weight is 289 g/mol. The van der Waals surface area contributed by atoms with E-state index in [0.29, 0.717) is 35.8 Å². The molecule has 0 bridgehead atoms. The first-order valence-electron chi connectivity index (χ1n) is 6.27. The molecule has 3 N–H and O–H groups in total. The van der Waals surface area contributed by atoms with Gasteiger partial charge >= 0.3 is 6.09 Å². The number of pyridine rings is 1. The third-order valence-electron chi connectivity index (χ3n) is 3.24. The first-order chi connectivity index (χ1) is 10.1. The molecule has 108 valence electrons. The Kier molecular flexibility index (Phi) is 3.09. The summed E-state index contributed by atoms with van der Waals surface area (Å²) in [7, 11) is 0. The number of nitrogens with two attached hydrogens (primary N) is 1. The SMILES string of the molecule is Nc1ccc(Oc2ccnc3c2CCN3C(=O)O)c(F)c1. The maximum absolute atomic E-state index is 13.8. The second-order valence-corrected chi connectivity index (χ2v) is 4.59. The topological polar surface area (TPSA) is 88.7 Å². The van der Waals surface area contributed by atoms with Crippen LogP contribution in [0.1, 0.15) is 5.56 Å². The smallest absolute Gasteiger partial charge is 0.413 e. The van der Waals surface area contributed by atoms with Gasteiger partial charge < -0.3 is 15.6 Å². The Morgan fingerprint density at radius 1 is 1.38 bits per heavy atom. The molecule has 21 heavy (non-hydrogen) atoms. The van der Waals surface area contributed by atoms with Crippen molar-refractivity contribution in [3.05, 3.63) is 41.8 Å². The van der Waals surface area contributed by atoms with Crippen LogP contribution in [0.4, 0.5) is 20.7 Å². The second kappa shape index (κ2) is 4.93. The molecule has 2 heterocycles. The molecule has 1 aliphatic heterocycles. The second-order valence-electron chi connectivity index (χ2n) is 4.59.